The zero-order valence-corrected chi connectivity index (χ0v) is 13.5. The molecule has 0 heterocycles. The smallest absolute Gasteiger partial charge is 0.126 e. The van der Waals surface area contributed by atoms with Crippen molar-refractivity contribution >= 4 is 22.6 Å². The number of hydrogen-bond donors (Lipinski definition) is 0. The van der Waals surface area contributed by atoms with E-state index in [9.17, 15) is 4.39 Å². The van der Waals surface area contributed by atoms with Crippen LogP contribution < -0.4 is 0 Å². The summed E-state index contributed by atoms with van der Waals surface area (Å²) in [7, 11) is 0. The highest BCUT2D eigenvalue weighted by atomic mass is 127. The Bertz CT molecular complexity index is 462. The minimum Gasteiger partial charge on any atom is -0.375 e. The lowest BCUT2D eigenvalue weighted by atomic mass is 9.81. The first-order valence-electron chi connectivity index (χ1n) is 7.25. The lowest BCUT2D eigenvalue weighted by Gasteiger charge is -2.30. The monoisotopic (exact) mass is 374 g/mol. The minimum atomic E-state index is -0.0632. The van der Waals surface area contributed by atoms with Gasteiger partial charge in [0.25, 0.3) is 0 Å². The molecule has 1 aromatic rings. The van der Waals surface area contributed by atoms with E-state index in [0.29, 0.717) is 18.1 Å². The standard InChI is InChI=1S/C16H20FIO/c1-10-14(17)8-9-15(18)16(10)11-2-4-12(5-3-11)19-13-6-7-13/h8-9,11-13H,2-7H2,1H3. The Hall–Kier alpha value is -0.160. The molecule has 2 aliphatic carbocycles. The van der Waals surface area contributed by atoms with Crippen molar-refractivity contribution in [3.63, 3.8) is 0 Å². The van der Waals surface area contributed by atoms with Crippen LogP contribution in [0, 0.1) is 16.3 Å². The van der Waals surface area contributed by atoms with Crippen LogP contribution in [0.25, 0.3) is 0 Å². The second-order valence-corrected chi connectivity index (χ2v) is 7.04. The third kappa shape index (κ3) is 3.13. The second kappa shape index (κ2) is 5.68. The van der Waals surface area contributed by atoms with E-state index >= 15 is 0 Å². The summed E-state index contributed by atoms with van der Waals surface area (Å²) in [4.78, 5) is 0. The van der Waals surface area contributed by atoms with Crippen LogP contribution in [0.5, 0.6) is 0 Å². The van der Waals surface area contributed by atoms with Crippen LogP contribution in [-0.2, 0) is 4.74 Å². The fourth-order valence-corrected chi connectivity index (χ4v) is 4.16. The van der Waals surface area contributed by atoms with Gasteiger partial charge in [-0.15, -0.1) is 0 Å². The van der Waals surface area contributed by atoms with Crippen molar-refractivity contribution in [2.75, 3.05) is 0 Å². The molecule has 0 unspecified atom stereocenters. The van der Waals surface area contributed by atoms with E-state index in [-0.39, 0.29) is 5.82 Å². The van der Waals surface area contributed by atoms with Crippen LogP contribution in [0.4, 0.5) is 4.39 Å². The van der Waals surface area contributed by atoms with Crippen LogP contribution in [0.15, 0.2) is 12.1 Å². The van der Waals surface area contributed by atoms with E-state index in [1.165, 1.54) is 22.0 Å². The van der Waals surface area contributed by atoms with Crippen molar-refractivity contribution in [2.45, 2.75) is 63.6 Å². The Morgan fingerprint density at radius 3 is 2.21 bits per heavy atom. The number of benzene rings is 1. The molecule has 2 aliphatic rings. The highest BCUT2D eigenvalue weighted by Gasteiger charge is 2.30. The molecule has 1 nitrogen and oxygen atoms in total. The van der Waals surface area contributed by atoms with Gasteiger partial charge < -0.3 is 4.74 Å². The van der Waals surface area contributed by atoms with E-state index in [0.717, 1.165) is 31.2 Å². The highest BCUT2D eigenvalue weighted by molar-refractivity contribution is 14.1. The summed E-state index contributed by atoms with van der Waals surface area (Å²) in [6.45, 7) is 1.92. The molecule has 2 fully saturated rings. The summed E-state index contributed by atoms with van der Waals surface area (Å²) in [5, 5.41) is 0. The molecule has 19 heavy (non-hydrogen) atoms. The van der Waals surface area contributed by atoms with Gasteiger partial charge in [0.2, 0.25) is 0 Å². The molecular weight excluding hydrogens is 354 g/mol. The van der Waals surface area contributed by atoms with Gasteiger partial charge in [-0.1, -0.05) is 0 Å². The molecule has 0 aliphatic heterocycles. The number of rotatable bonds is 3. The average Bonchev–Trinajstić information content (AvgIpc) is 3.20. The summed E-state index contributed by atoms with van der Waals surface area (Å²) in [5.41, 5.74) is 2.09. The predicted molar refractivity (Wildman–Crippen MR) is 83.0 cm³/mol. The Morgan fingerprint density at radius 2 is 1.63 bits per heavy atom. The van der Waals surface area contributed by atoms with Gasteiger partial charge in [-0.25, -0.2) is 4.39 Å². The van der Waals surface area contributed by atoms with Crippen LogP contribution in [-0.4, -0.2) is 12.2 Å². The van der Waals surface area contributed by atoms with Gasteiger partial charge in [0, 0.05) is 3.57 Å². The van der Waals surface area contributed by atoms with Gasteiger partial charge in [-0.05, 0) is 97.2 Å². The zero-order valence-electron chi connectivity index (χ0n) is 11.3. The lowest BCUT2D eigenvalue weighted by Crippen LogP contribution is -2.22. The van der Waals surface area contributed by atoms with E-state index in [1.807, 2.05) is 13.0 Å². The quantitative estimate of drug-likeness (QED) is 0.681. The minimum absolute atomic E-state index is 0.0632. The van der Waals surface area contributed by atoms with Crippen LogP contribution in [0.2, 0.25) is 0 Å². The summed E-state index contributed by atoms with van der Waals surface area (Å²) in [5.74, 6) is 0.452. The first-order valence-corrected chi connectivity index (χ1v) is 8.33. The van der Waals surface area contributed by atoms with E-state index in [2.05, 4.69) is 22.6 Å². The molecule has 0 saturated heterocycles. The molecule has 0 amide bonds. The molecule has 0 bridgehead atoms. The maximum Gasteiger partial charge on any atom is 0.126 e. The predicted octanol–water partition coefficient (Wildman–Crippen LogP) is 4.94. The van der Waals surface area contributed by atoms with Gasteiger partial charge >= 0.3 is 0 Å². The van der Waals surface area contributed by atoms with E-state index in [4.69, 9.17) is 4.74 Å². The van der Waals surface area contributed by atoms with Crippen molar-refractivity contribution < 1.29 is 9.13 Å². The first-order chi connectivity index (χ1) is 9.15. The zero-order chi connectivity index (χ0) is 13.4. The molecule has 0 radical (unpaired) electrons. The summed E-state index contributed by atoms with van der Waals surface area (Å²) in [6.07, 6.45) is 8.05. The summed E-state index contributed by atoms with van der Waals surface area (Å²) in [6, 6.07) is 3.49. The van der Waals surface area contributed by atoms with Crippen molar-refractivity contribution in [2.24, 2.45) is 0 Å². The molecule has 104 valence electrons. The lowest BCUT2D eigenvalue weighted by molar-refractivity contribution is 0.0129. The third-order valence-corrected chi connectivity index (χ3v) is 5.33. The second-order valence-electron chi connectivity index (χ2n) is 5.88. The number of halogens is 2. The first kappa shape index (κ1) is 13.8. The number of hydrogen-bond acceptors (Lipinski definition) is 1. The molecule has 0 spiro atoms. The molecule has 2 saturated carbocycles. The van der Waals surface area contributed by atoms with Gasteiger partial charge in [0.05, 0.1) is 12.2 Å². The number of ether oxygens (including phenoxy) is 1. The maximum atomic E-state index is 13.7. The molecule has 0 aromatic heterocycles. The Kier molecular flexibility index (Phi) is 4.13. The SMILES string of the molecule is Cc1c(F)ccc(I)c1C1CCC(OC2CC2)CC1. The fourth-order valence-electron chi connectivity index (χ4n) is 3.13. The van der Waals surface area contributed by atoms with Crippen molar-refractivity contribution in [1.82, 2.24) is 0 Å². The molecule has 0 N–H and O–H groups in total. The fraction of sp³-hybridized carbons (Fsp3) is 0.625. The topological polar surface area (TPSA) is 9.23 Å². The molecule has 3 rings (SSSR count). The Labute approximate surface area is 128 Å². The van der Waals surface area contributed by atoms with E-state index < -0.39 is 0 Å². The van der Waals surface area contributed by atoms with Crippen molar-refractivity contribution in [1.29, 1.82) is 0 Å². The van der Waals surface area contributed by atoms with Crippen molar-refractivity contribution in [3.05, 3.63) is 32.6 Å². The van der Waals surface area contributed by atoms with Crippen molar-refractivity contribution in [3.8, 4) is 0 Å². The Morgan fingerprint density at radius 1 is 1.05 bits per heavy atom. The third-order valence-electron chi connectivity index (χ3n) is 4.39. The van der Waals surface area contributed by atoms with Crippen LogP contribution >= 0.6 is 22.6 Å². The summed E-state index contributed by atoms with van der Waals surface area (Å²) < 4.78 is 20.9. The van der Waals surface area contributed by atoms with Gasteiger partial charge in [0.15, 0.2) is 0 Å². The van der Waals surface area contributed by atoms with E-state index in [1.54, 1.807) is 6.07 Å². The molecule has 3 heteroatoms. The van der Waals surface area contributed by atoms with Gasteiger partial charge in [-0.3, -0.25) is 0 Å². The highest BCUT2D eigenvalue weighted by Crippen LogP contribution is 2.39. The summed E-state index contributed by atoms with van der Waals surface area (Å²) >= 11 is 2.34. The van der Waals surface area contributed by atoms with Crippen LogP contribution in [0.1, 0.15) is 55.6 Å². The Balaban J connectivity index is 1.69. The molecule has 0 atom stereocenters. The maximum absolute atomic E-state index is 13.7. The van der Waals surface area contributed by atoms with Crippen LogP contribution in [0.3, 0.4) is 0 Å². The van der Waals surface area contributed by atoms with Gasteiger partial charge in [0.1, 0.15) is 5.82 Å². The normalized spacial score (nSPS) is 27.5. The largest absolute Gasteiger partial charge is 0.375 e. The molecular formula is C16H20FIO. The molecule has 1 aromatic carbocycles. The average molecular weight is 374 g/mol. The van der Waals surface area contributed by atoms with Gasteiger partial charge in [-0.2, -0.15) is 0 Å².